The SMILES string of the molecule is C[C@@H](c1cccc2c(-c3ccc(NS(C)(=O)=O)c(F)c3)c(C(=O)O)[nH]c12)n1cc(CN2CC(N)C2)oc1=O. The third-order valence-electron chi connectivity index (χ3n) is 6.58. The maximum Gasteiger partial charge on any atom is 0.419 e. The van der Waals surface area contributed by atoms with Gasteiger partial charge in [-0.1, -0.05) is 24.3 Å². The normalized spacial score (nSPS) is 15.5. The Morgan fingerprint density at radius 3 is 2.68 bits per heavy atom. The van der Waals surface area contributed by atoms with Crippen LogP contribution in [0.5, 0.6) is 0 Å². The molecule has 5 rings (SSSR count). The summed E-state index contributed by atoms with van der Waals surface area (Å²) in [6.45, 7) is 3.69. The van der Waals surface area contributed by atoms with Crippen LogP contribution in [0.4, 0.5) is 10.1 Å². The topological polar surface area (TPSA) is 164 Å². The number of para-hydroxylation sites is 1. The Morgan fingerprint density at radius 2 is 2.05 bits per heavy atom. The largest absolute Gasteiger partial charge is 0.477 e. The smallest absolute Gasteiger partial charge is 0.419 e. The number of nitrogens with one attached hydrogen (secondary N) is 2. The number of likely N-dealkylation sites (tertiary alicyclic amines) is 1. The van der Waals surface area contributed by atoms with Crippen molar-refractivity contribution in [3.05, 3.63) is 76.0 Å². The minimum Gasteiger partial charge on any atom is -0.477 e. The average Bonchev–Trinajstić information content (AvgIpc) is 3.38. The summed E-state index contributed by atoms with van der Waals surface area (Å²) in [6, 6.07) is 8.54. The molecule has 0 spiro atoms. The number of aromatic amines is 1. The lowest BCUT2D eigenvalue weighted by Gasteiger charge is -2.35. The number of aromatic nitrogens is 2. The molecule has 0 saturated carbocycles. The summed E-state index contributed by atoms with van der Waals surface area (Å²) in [7, 11) is -3.71. The molecule has 2 aromatic heterocycles. The fraction of sp³-hybridized carbons (Fsp3) is 0.280. The van der Waals surface area contributed by atoms with Gasteiger partial charge in [-0.15, -0.1) is 0 Å². The zero-order valence-corrected chi connectivity index (χ0v) is 21.4. The molecule has 0 unspecified atom stereocenters. The first-order valence-electron chi connectivity index (χ1n) is 11.8. The van der Waals surface area contributed by atoms with Gasteiger partial charge in [0.05, 0.1) is 36.2 Å². The van der Waals surface area contributed by atoms with Crippen LogP contribution in [-0.2, 0) is 16.6 Å². The van der Waals surface area contributed by atoms with Crippen LogP contribution in [0.2, 0.25) is 0 Å². The number of hydrogen-bond acceptors (Lipinski definition) is 7. The lowest BCUT2D eigenvalue weighted by molar-refractivity contribution is 0.0692. The van der Waals surface area contributed by atoms with E-state index in [4.69, 9.17) is 10.2 Å². The maximum atomic E-state index is 14.8. The molecule has 5 N–H and O–H groups in total. The molecule has 0 bridgehead atoms. The highest BCUT2D eigenvalue weighted by atomic mass is 32.2. The van der Waals surface area contributed by atoms with Crippen LogP contribution in [-0.4, -0.2) is 59.3 Å². The first-order chi connectivity index (χ1) is 17.9. The predicted octanol–water partition coefficient (Wildman–Crippen LogP) is 2.55. The number of nitrogens with two attached hydrogens (primary N) is 1. The number of fused-ring (bicyclic) bond motifs is 1. The molecule has 0 amide bonds. The van der Waals surface area contributed by atoms with E-state index >= 15 is 0 Å². The van der Waals surface area contributed by atoms with Gasteiger partial charge in [-0.05, 0) is 30.2 Å². The molecule has 3 heterocycles. The summed E-state index contributed by atoms with van der Waals surface area (Å²) in [6.07, 6.45) is 2.54. The molecule has 200 valence electrons. The summed E-state index contributed by atoms with van der Waals surface area (Å²) >= 11 is 0. The van der Waals surface area contributed by atoms with Gasteiger partial charge in [0.15, 0.2) is 0 Å². The maximum absolute atomic E-state index is 14.8. The number of hydrogen-bond donors (Lipinski definition) is 4. The number of carbonyl (C=O) groups is 1. The Bertz CT molecular complexity index is 1720. The van der Waals surface area contributed by atoms with Crippen LogP contribution in [0, 0.1) is 5.82 Å². The number of benzene rings is 2. The number of nitrogens with zero attached hydrogens (tertiary/aromatic N) is 2. The Hall–Kier alpha value is -3.94. The predicted molar refractivity (Wildman–Crippen MR) is 139 cm³/mol. The van der Waals surface area contributed by atoms with Gasteiger partial charge in [-0.25, -0.2) is 22.4 Å². The van der Waals surface area contributed by atoms with Gasteiger partial charge < -0.3 is 20.2 Å². The average molecular weight is 544 g/mol. The quantitative estimate of drug-likeness (QED) is 0.263. The summed E-state index contributed by atoms with van der Waals surface area (Å²) < 4.78 is 46.8. The highest BCUT2D eigenvalue weighted by Gasteiger charge is 2.26. The highest BCUT2D eigenvalue weighted by molar-refractivity contribution is 7.92. The third-order valence-corrected chi connectivity index (χ3v) is 7.17. The van der Waals surface area contributed by atoms with E-state index < -0.39 is 33.6 Å². The van der Waals surface area contributed by atoms with E-state index in [1.807, 2.05) is 0 Å². The van der Waals surface area contributed by atoms with E-state index in [-0.39, 0.29) is 28.6 Å². The standard InChI is InChI=1S/C25H26FN5O6S/c1-13(31-12-16(37-25(31)34)11-30-9-15(27)10-30)17-4-3-5-18-21(23(24(32)33)28-22(17)18)14-6-7-20(19(26)8-14)29-38(2,35)36/h3-8,12-13,15,28-29H,9-11,27H2,1-2H3,(H,32,33)/t13-/m0/s1. The van der Waals surface area contributed by atoms with Gasteiger partial charge in [0.1, 0.15) is 17.3 Å². The van der Waals surface area contributed by atoms with Gasteiger partial charge in [0.2, 0.25) is 10.0 Å². The zero-order chi connectivity index (χ0) is 27.4. The Kier molecular flexibility index (Phi) is 6.37. The first kappa shape index (κ1) is 25.7. The molecule has 2 aromatic carbocycles. The van der Waals surface area contributed by atoms with Crippen LogP contribution in [0.15, 0.2) is 51.8 Å². The zero-order valence-electron chi connectivity index (χ0n) is 20.6. The molecule has 1 aliphatic rings. The summed E-state index contributed by atoms with van der Waals surface area (Å²) in [5, 5.41) is 10.4. The van der Waals surface area contributed by atoms with Crippen LogP contribution in [0.25, 0.3) is 22.0 Å². The van der Waals surface area contributed by atoms with E-state index in [1.165, 1.54) is 16.7 Å². The molecule has 0 radical (unpaired) electrons. The van der Waals surface area contributed by atoms with E-state index in [9.17, 15) is 27.5 Å². The second-order valence-corrected chi connectivity index (χ2v) is 11.3. The van der Waals surface area contributed by atoms with E-state index in [2.05, 4.69) is 14.6 Å². The van der Waals surface area contributed by atoms with Crippen LogP contribution in [0.3, 0.4) is 0 Å². The van der Waals surface area contributed by atoms with Crippen molar-refractivity contribution in [3.63, 3.8) is 0 Å². The van der Waals surface area contributed by atoms with Gasteiger partial charge in [-0.2, -0.15) is 0 Å². The van der Waals surface area contributed by atoms with Crippen molar-refractivity contribution >= 4 is 32.6 Å². The molecule has 1 saturated heterocycles. The Morgan fingerprint density at radius 1 is 1.32 bits per heavy atom. The fourth-order valence-electron chi connectivity index (χ4n) is 4.85. The molecule has 1 aliphatic heterocycles. The highest BCUT2D eigenvalue weighted by Crippen LogP contribution is 2.37. The van der Waals surface area contributed by atoms with Gasteiger partial charge in [-0.3, -0.25) is 14.2 Å². The number of halogens is 1. The van der Waals surface area contributed by atoms with E-state index in [0.29, 0.717) is 28.8 Å². The monoisotopic (exact) mass is 543 g/mol. The number of rotatable bonds is 8. The number of oxazole rings is 1. The Labute approximate surface area is 216 Å². The lowest BCUT2D eigenvalue weighted by atomic mass is 9.98. The molecule has 1 atom stereocenters. The summed E-state index contributed by atoms with van der Waals surface area (Å²) in [5.74, 6) is -2.17. The number of sulfonamides is 1. The number of H-pyrrole nitrogens is 1. The van der Waals surface area contributed by atoms with Crippen molar-refractivity contribution in [2.75, 3.05) is 24.1 Å². The van der Waals surface area contributed by atoms with Gasteiger partial charge >= 0.3 is 11.7 Å². The van der Waals surface area contributed by atoms with Crippen LogP contribution in [0.1, 0.15) is 34.8 Å². The molecule has 38 heavy (non-hydrogen) atoms. The van der Waals surface area contributed by atoms with Crippen molar-refractivity contribution in [2.24, 2.45) is 5.73 Å². The molecular weight excluding hydrogens is 517 g/mol. The van der Waals surface area contributed by atoms with Crippen molar-refractivity contribution < 1.29 is 27.1 Å². The molecular formula is C25H26FN5O6S. The number of anilines is 1. The van der Waals surface area contributed by atoms with Crippen molar-refractivity contribution in [1.29, 1.82) is 0 Å². The van der Waals surface area contributed by atoms with Crippen molar-refractivity contribution in [2.45, 2.75) is 25.6 Å². The van der Waals surface area contributed by atoms with Gasteiger partial charge in [0.25, 0.3) is 0 Å². The number of aromatic carboxylic acids is 1. The second-order valence-electron chi connectivity index (χ2n) is 9.52. The summed E-state index contributed by atoms with van der Waals surface area (Å²) in [4.78, 5) is 29.8. The van der Waals surface area contributed by atoms with E-state index in [1.54, 1.807) is 31.3 Å². The van der Waals surface area contributed by atoms with Gasteiger partial charge in [0, 0.05) is 30.1 Å². The van der Waals surface area contributed by atoms with Crippen molar-refractivity contribution in [1.82, 2.24) is 14.5 Å². The molecule has 4 aromatic rings. The second kappa shape index (κ2) is 9.42. The minimum absolute atomic E-state index is 0.117. The molecule has 0 aliphatic carbocycles. The van der Waals surface area contributed by atoms with Crippen molar-refractivity contribution in [3.8, 4) is 11.1 Å². The van der Waals surface area contributed by atoms with Crippen LogP contribution >= 0.6 is 0 Å². The summed E-state index contributed by atoms with van der Waals surface area (Å²) in [5.41, 5.74) is 6.98. The number of carboxylic acid groups (broad SMARTS) is 1. The lowest BCUT2D eigenvalue weighted by Crippen LogP contribution is -2.54. The van der Waals surface area contributed by atoms with Crippen LogP contribution < -0.4 is 16.2 Å². The molecule has 1 fully saturated rings. The molecule has 11 nitrogen and oxygen atoms in total. The minimum atomic E-state index is -3.71. The molecule has 13 heteroatoms. The van der Waals surface area contributed by atoms with E-state index in [0.717, 1.165) is 25.4 Å². The fourth-order valence-corrected chi connectivity index (χ4v) is 5.42. The number of carboxylic acids is 1. The third kappa shape index (κ3) is 4.83. The first-order valence-corrected chi connectivity index (χ1v) is 13.6. The Balaban J connectivity index is 1.56.